The van der Waals surface area contributed by atoms with Gasteiger partial charge in [0.1, 0.15) is 5.82 Å². The van der Waals surface area contributed by atoms with Crippen molar-refractivity contribution in [3.05, 3.63) is 53.3 Å². The molecule has 5 rings (SSSR count). The summed E-state index contributed by atoms with van der Waals surface area (Å²) in [6.45, 7) is 3.44. The van der Waals surface area contributed by atoms with E-state index in [0.29, 0.717) is 28.0 Å². The van der Waals surface area contributed by atoms with Gasteiger partial charge in [-0.25, -0.2) is 14.4 Å². The first-order chi connectivity index (χ1) is 14.2. The van der Waals surface area contributed by atoms with Crippen LogP contribution in [0.5, 0.6) is 0 Å². The number of fused-ring (bicyclic) bond motifs is 3. The van der Waals surface area contributed by atoms with Crippen LogP contribution in [-0.2, 0) is 0 Å². The predicted octanol–water partition coefficient (Wildman–Crippen LogP) is 2.71. The summed E-state index contributed by atoms with van der Waals surface area (Å²) in [7, 11) is 0. The second-order valence-electron chi connectivity index (χ2n) is 7.00. The van der Waals surface area contributed by atoms with Crippen LogP contribution in [0.25, 0.3) is 27.9 Å². The van der Waals surface area contributed by atoms with E-state index in [0.717, 1.165) is 37.1 Å². The molecule has 0 radical (unpaired) electrons. The highest BCUT2D eigenvalue weighted by molar-refractivity contribution is 6.35. The van der Waals surface area contributed by atoms with E-state index in [1.165, 1.54) is 12.1 Å². The van der Waals surface area contributed by atoms with Gasteiger partial charge in [-0.05, 0) is 36.4 Å². The minimum Gasteiger partial charge on any atom is -0.349 e. The maximum atomic E-state index is 13.3. The van der Waals surface area contributed by atoms with Crippen LogP contribution >= 0.6 is 11.6 Å². The Morgan fingerprint density at radius 2 is 1.79 bits per heavy atom. The normalized spacial score (nSPS) is 15.7. The van der Waals surface area contributed by atoms with Crippen LogP contribution in [0.2, 0.25) is 5.02 Å². The van der Waals surface area contributed by atoms with Crippen LogP contribution in [0.3, 0.4) is 0 Å². The Hall–Kier alpha value is -2.81. The Balaban J connectivity index is 1.67. The molecule has 1 aliphatic rings. The molecular weight excluding hydrogens is 393 g/mol. The molecule has 0 amide bonds. The third-order valence-electron chi connectivity index (χ3n) is 4.95. The summed E-state index contributed by atoms with van der Waals surface area (Å²) in [6.07, 6.45) is 0. The van der Waals surface area contributed by atoms with E-state index in [1.807, 2.05) is 18.2 Å². The zero-order valence-corrected chi connectivity index (χ0v) is 16.2. The molecule has 3 N–H and O–H groups in total. The van der Waals surface area contributed by atoms with Gasteiger partial charge >= 0.3 is 0 Å². The van der Waals surface area contributed by atoms with E-state index >= 15 is 0 Å². The van der Waals surface area contributed by atoms with Gasteiger partial charge in [0.2, 0.25) is 5.95 Å². The molecule has 0 aliphatic carbocycles. The van der Waals surface area contributed by atoms with E-state index in [-0.39, 0.29) is 11.9 Å². The summed E-state index contributed by atoms with van der Waals surface area (Å²) in [5.74, 6) is 0.767. The molecule has 29 heavy (non-hydrogen) atoms. The van der Waals surface area contributed by atoms with Crippen LogP contribution in [0.4, 0.5) is 10.3 Å². The molecule has 9 heteroatoms. The van der Waals surface area contributed by atoms with Crippen molar-refractivity contribution in [1.29, 1.82) is 0 Å². The zero-order valence-electron chi connectivity index (χ0n) is 15.5. The lowest BCUT2D eigenvalue weighted by atomic mass is 10.2. The van der Waals surface area contributed by atoms with E-state index in [2.05, 4.69) is 21.0 Å². The highest BCUT2D eigenvalue weighted by Gasteiger charge is 2.19. The van der Waals surface area contributed by atoms with Crippen molar-refractivity contribution in [2.24, 2.45) is 0 Å². The van der Waals surface area contributed by atoms with Gasteiger partial charge in [0.25, 0.3) is 0 Å². The van der Waals surface area contributed by atoms with Crippen LogP contribution in [-0.4, -0.2) is 51.8 Å². The first-order valence-corrected chi connectivity index (χ1v) is 9.86. The second kappa shape index (κ2) is 7.55. The minimum atomic E-state index is -0.299. The molecule has 0 atom stereocenters. The number of hydrogen-bond donors (Lipinski definition) is 3. The standard InChI is InChI=1S/C20H19ClFN7/c21-16-3-1-2-15-17(16)26-20(25-14-10-23-8-9-24-11-14)29-19(15)27-18(28-29)12-4-6-13(22)7-5-12/h1-7,14,23-24H,8-11H2,(H,25,26). The van der Waals surface area contributed by atoms with Crippen molar-refractivity contribution in [2.75, 3.05) is 31.5 Å². The average Bonchev–Trinajstić information content (AvgIpc) is 3.02. The van der Waals surface area contributed by atoms with Crippen molar-refractivity contribution in [1.82, 2.24) is 30.2 Å². The average molecular weight is 412 g/mol. The molecule has 3 heterocycles. The van der Waals surface area contributed by atoms with Gasteiger partial charge in [-0.3, -0.25) is 0 Å². The summed E-state index contributed by atoms with van der Waals surface area (Å²) in [4.78, 5) is 9.46. The molecule has 0 bridgehead atoms. The Bertz CT molecular complexity index is 1170. The highest BCUT2D eigenvalue weighted by atomic mass is 35.5. The topological polar surface area (TPSA) is 79.2 Å². The van der Waals surface area contributed by atoms with Crippen molar-refractivity contribution in [2.45, 2.75) is 6.04 Å². The summed E-state index contributed by atoms with van der Waals surface area (Å²) < 4.78 is 15.0. The first-order valence-electron chi connectivity index (χ1n) is 9.48. The predicted molar refractivity (Wildman–Crippen MR) is 112 cm³/mol. The number of hydrogen-bond acceptors (Lipinski definition) is 6. The molecule has 0 unspecified atom stereocenters. The number of nitrogens with zero attached hydrogens (tertiary/aromatic N) is 4. The van der Waals surface area contributed by atoms with Gasteiger partial charge in [0.15, 0.2) is 11.5 Å². The van der Waals surface area contributed by atoms with Crippen LogP contribution in [0, 0.1) is 5.82 Å². The third-order valence-corrected chi connectivity index (χ3v) is 5.25. The van der Waals surface area contributed by atoms with Gasteiger partial charge in [-0.1, -0.05) is 17.7 Å². The zero-order chi connectivity index (χ0) is 19.8. The van der Waals surface area contributed by atoms with E-state index in [4.69, 9.17) is 21.6 Å². The van der Waals surface area contributed by atoms with E-state index < -0.39 is 0 Å². The molecule has 1 saturated heterocycles. The molecule has 2 aromatic carbocycles. The van der Waals surface area contributed by atoms with Gasteiger partial charge in [0, 0.05) is 37.1 Å². The fourth-order valence-electron chi connectivity index (χ4n) is 3.50. The molecular formula is C20H19ClFN7. The Kier molecular flexibility index (Phi) is 4.75. The van der Waals surface area contributed by atoms with Crippen LogP contribution in [0.15, 0.2) is 42.5 Å². The molecule has 0 saturated carbocycles. The number of benzene rings is 2. The summed E-state index contributed by atoms with van der Waals surface area (Å²) >= 11 is 6.43. The molecule has 0 spiro atoms. The van der Waals surface area contributed by atoms with Gasteiger partial charge in [0.05, 0.1) is 16.6 Å². The van der Waals surface area contributed by atoms with Gasteiger partial charge < -0.3 is 16.0 Å². The van der Waals surface area contributed by atoms with E-state index in [1.54, 1.807) is 16.6 Å². The SMILES string of the molecule is Fc1ccc(-c2nc3c4cccc(Cl)c4nc(NC4CNCCNC4)n3n2)cc1. The monoisotopic (exact) mass is 411 g/mol. The number of anilines is 1. The van der Waals surface area contributed by atoms with E-state index in [9.17, 15) is 4.39 Å². The van der Waals surface area contributed by atoms with Gasteiger partial charge in [-0.15, -0.1) is 5.10 Å². The van der Waals surface area contributed by atoms with Gasteiger partial charge in [-0.2, -0.15) is 4.52 Å². The van der Waals surface area contributed by atoms with Crippen molar-refractivity contribution >= 4 is 34.1 Å². The minimum absolute atomic E-state index is 0.131. The molecule has 1 aliphatic heterocycles. The van der Waals surface area contributed by atoms with Crippen LogP contribution < -0.4 is 16.0 Å². The fraction of sp³-hybridized carbons (Fsp3) is 0.250. The lowest BCUT2D eigenvalue weighted by Crippen LogP contribution is -2.37. The number of para-hydroxylation sites is 1. The maximum Gasteiger partial charge on any atom is 0.226 e. The quantitative estimate of drug-likeness (QED) is 0.481. The number of nitrogens with one attached hydrogen (secondary N) is 3. The maximum absolute atomic E-state index is 13.3. The highest BCUT2D eigenvalue weighted by Crippen LogP contribution is 2.28. The number of aromatic nitrogens is 4. The Morgan fingerprint density at radius 1 is 1.03 bits per heavy atom. The smallest absolute Gasteiger partial charge is 0.226 e. The summed E-state index contributed by atoms with van der Waals surface area (Å²) in [5, 5.41) is 16.3. The third kappa shape index (κ3) is 3.50. The summed E-state index contributed by atoms with van der Waals surface area (Å²) in [6, 6.07) is 11.9. The molecule has 148 valence electrons. The Labute approximate surface area is 171 Å². The molecule has 1 fully saturated rings. The second-order valence-corrected chi connectivity index (χ2v) is 7.41. The van der Waals surface area contributed by atoms with Crippen molar-refractivity contribution in [3.8, 4) is 11.4 Å². The lowest BCUT2D eigenvalue weighted by molar-refractivity contribution is 0.628. The fourth-order valence-corrected chi connectivity index (χ4v) is 3.71. The molecule has 2 aromatic heterocycles. The Morgan fingerprint density at radius 3 is 2.55 bits per heavy atom. The summed E-state index contributed by atoms with van der Waals surface area (Å²) in [5.41, 5.74) is 2.04. The van der Waals surface area contributed by atoms with Crippen LogP contribution in [0.1, 0.15) is 0 Å². The first kappa shape index (κ1) is 18.2. The molecule has 7 nitrogen and oxygen atoms in total. The van der Waals surface area contributed by atoms with Crippen molar-refractivity contribution < 1.29 is 4.39 Å². The largest absolute Gasteiger partial charge is 0.349 e. The molecule has 4 aromatic rings. The lowest BCUT2D eigenvalue weighted by Gasteiger charge is -2.18. The number of rotatable bonds is 3. The van der Waals surface area contributed by atoms with Crippen molar-refractivity contribution in [3.63, 3.8) is 0 Å². The number of halogens is 2.